The summed E-state index contributed by atoms with van der Waals surface area (Å²) in [6.45, 7) is 0. The molecule has 0 bridgehead atoms. The highest BCUT2D eigenvalue weighted by molar-refractivity contribution is 6.15. The number of allylic oxidation sites excluding steroid dienone is 2. The fraction of sp³-hybridized carbons (Fsp3) is 0.105. The minimum absolute atomic E-state index is 0.232. The van der Waals surface area contributed by atoms with E-state index in [2.05, 4.69) is 0 Å². The van der Waals surface area contributed by atoms with Gasteiger partial charge in [0.15, 0.2) is 29.1 Å². The van der Waals surface area contributed by atoms with E-state index in [-0.39, 0.29) is 5.78 Å². The van der Waals surface area contributed by atoms with Crippen LogP contribution >= 0.6 is 0 Å². The Balaban J connectivity index is 1.86. The van der Waals surface area contributed by atoms with E-state index >= 15 is 0 Å². The second-order valence-electron chi connectivity index (χ2n) is 5.52. The SMILES string of the molecule is O=C1C(=Cc2ccc(F)c(F)c2)CCC1=Cc1ccc(F)c(F)c1. The maximum absolute atomic E-state index is 13.2. The molecular formula is C19H12F4O. The molecule has 1 fully saturated rings. The molecule has 0 atom stereocenters. The zero-order valence-corrected chi connectivity index (χ0v) is 12.5. The van der Waals surface area contributed by atoms with Crippen LogP contribution in [0.15, 0.2) is 47.5 Å². The molecule has 0 radical (unpaired) electrons. The minimum Gasteiger partial charge on any atom is -0.289 e. The fourth-order valence-electron chi connectivity index (χ4n) is 2.58. The van der Waals surface area contributed by atoms with E-state index in [1.807, 2.05) is 0 Å². The summed E-state index contributed by atoms with van der Waals surface area (Å²) in [4.78, 5) is 12.3. The summed E-state index contributed by atoms with van der Waals surface area (Å²) in [6, 6.07) is 6.81. The highest BCUT2D eigenvalue weighted by Gasteiger charge is 2.23. The lowest BCUT2D eigenvalue weighted by atomic mass is 10.1. The highest BCUT2D eigenvalue weighted by atomic mass is 19.2. The van der Waals surface area contributed by atoms with Crippen LogP contribution in [0.1, 0.15) is 24.0 Å². The first kappa shape index (κ1) is 16.2. The van der Waals surface area contributed by atoms with Crippen molar-refractivity contribution < 1.29 is 22.4 Å². The van der Waals surface area contributed by atoms with Crippen molar-refractivity contribution >= 4 is 17.9 Å². The molecule has 0 saturated heterocycles. The molecule has 1 saturated carbocycles. The van der Waals surface area contributed by atoms with Gasteiger partial charge in [-0.3, -0.25) is 4.79 Å². The van der Waals surface area contributed by atoms with Gasteiger partial charge in [-0.25, -0.2) is 17.6 Å². The lowest BCUT2D eigenvalue weighted by molar-refractivity contribution is -0.111. The minimum atomic E-state index is -0.979. The number of hydrogen-bond donors (Lipinski definition) is 0. The molecule has 2 aromatic carbocycles. The van der Waals surface area contributed by atoms with Crippen molar-refractivity contribution in [3.05, 3.63) is 81.9 Å². The molecule has 3 rings (SSSR count). The van der Waals surface area contributed by atoms with Crippen LogP contribution in [-0.2, 0) is 4.79 Å². The molecule has 1 nitrogen and oxygen atoms in total. The van der Waals surface area contributed by atoms with Gasteiger partial charge in [0.2, 0.25) is 0 Å². The molecule has 1 aliphatic rings. The Bertz CT molecular complexity index is 809. The summed E-state index contributed by atoms with van der Waals surface area (Å²) in [7, 11) is 0. The lowest BCUT2D eigenvalue weighted by Gasteiger charge is -1.99. The smallest absolute Gasteiger partial charge is 0.185 e. The average Bonchev–Trinajstić information content (AvgIpc) is 2.88. The van der Waals surface area contributed by atoms with E-state index in [9.17, 15) is 22.4 Å². The molecule has 0 spiro atoms. The summed E-state index contributed by atoms with van der Waals surface area (Å²) < 4.78 is 52.3. The first-order chi connectivity index (χ1) is 11.4. The first-order valence-corrected chi connectivity index (χ1v) is 7.30. The van der Waals surface area contributed by atoms with Gasteiger partial charge in [-0.15, -0.1) is 0 Å². The summed E-state index contributed by atoms with van der Waals surface area (Å²) in [5, 5.41) is 0. The molecule has 122 valence electrons. The van der Waals surface area contributed by atoms with Gasteiger partial charge in [0, 0.05) is 11.1 Å². The molecule has 0 unspecified atom stereocenters. The predicted octanol–water partition coefficient (Wildman–Crippen LogP) is 5.07. The lowest BCUT2D eigenvalue weighted by Crippen LogP contribution is -1.96. The Morgan fingerprint density at radius 3 is 1.46 bits per heavy atom. The molecule has 0 aromatic heterocycles. The standard InChI is InChI=1S/C19H12F4O/c20-15-5-1-11(9-17(15)22)7-13-3-4-14(19(13)24)8-12-2-6-16(21)18(23)10-12/h1-2,5-10H,3-4H2. The fourth-order valence-corrected chi connectivity index (χ4v) is 2.58. The topological polar surface area (TPSA) is 17.1 Å². The number of carbonyl (C=O) groups excluding carboxylic acids is 1. The van der Waals surface area contributed by atoms with Crippen LogP contribution < -0.4 is 0 Å². The van der Waals surface area contributed by atoms with E-state index in [4.69, 9.17) is 0 Å². The monoisotopic (exact) mass is 332 g/mol. The molecule has 2 aromatic rings. The highest BCUT2D eigenvalue weighted by Crippen LogP contribution is 2.30. The molecule has 5 heteroatoms. The van der Waals surface area contributed by atoms with Gasteiger partial charge in [0.1, 0.15) is 0 Å². The molecule has 0 heterocycles. The third-order valence-electron chi connectivity index (χ3n) is 3.82. The van der Waals surface area contributed by atoms with Crippen LogP contribution in [0.25, 0.3) is 12.2 Å². The summed E-state index contributed by atoms with van der Waals surface area (Å²) >= 11 is 0. The average molecular weight is 332 g/mol. The summed E-state index contributed by atoms with van der Waals surface area (Å²) in [5.74, 6) is -4.09. The zero-order valence-electron chi connectivity index (χ0n) is 12.5. The van der Waals surface area contributed by atoms with Gasteiger partial charge in [0.25, 0.3) is 0 Å². The molecule has 24 heavy (non-hydrogen) atoms. The molecule has 0 amide bonds. The third-order valence-corrected chi connectivity index (χ3v) is 3.82. The van der Waals surface area contributed by atoms with E-state index < -0.39 is 23.3 Å². The zero-order chi connectivity index (χ0) is 17.3. The van der Waals surface area contributed by atoms with Crippen molar-refractivity contribution in [2.24, 2.45) is 0 Å². The maximum Gasteiger partial charge on any atom is 0.185 e. The number of benzene rings is 2. The van der Waals surface area contributed by atoms with Crippen LogP contribution in [0.5, 0.6) is 0 Å². The van der Waals surface area contributed by atoms with Crippen molar-refractivity contribution in [2.75, 3.05) is 0 Å². The summed E-state index contributed by atoms with van der Waals surface area (Å²) in [5.41, 5.74) is 1.72. The normalized spacial score (nSPS) is 17.9. The van der Waals surface area contributed by atoms with E-state index in [0.29, 0.717) is 35.1 Å². The molecule has 0 N–H and O–H groups in total. The number of rotatable bonds is 2. The van der Waals surface area contributed by atoms with Crippen LogP contribution in [0, 0.1) is 23.3 Å². The van der Waals surface area contributed by atoms with E-state index in [1.54, 1.807) is 0 Å². The summed E-state index contributed by atoms with van der Waals surface area (Å²) in [6.07, 6.45) is 3.93. The quantitative estimate of drug-likeness (QED) is 0.554. The van der Waals surface area contributed by atoms with Gasteiger partial charge in [-0.05, 0) is 60.4 Å². The third kappa shape index (κ3) is 3.30. The Hall–Kier alpha value is -2.69. The Morgan fingerprint density at radius 1 is 0.667 bits per heavy atom. The molecule has 0 aliphatic heterocycles. The van der Waals surface area contributed by atoms with Crippen LogP contribution in [0.3, 0.4) is 0 Å². The van der Waals surface area contributed by atoms with Gasteiger partial charge in [-0.2, -0.15) is 0 Å². The van der Waals surface area contributed by atoms with Gasteiger partial charge < -0.3 is 0 Å². The van der Waals surface area contributed by atoms with Crippen molar-refractivity contribution in [3.8, 4) is 0 Å². The van der Waals surface area contributed by atoms with Crippen molar-refractivity contribution in [2.45, 2.75) is 12.8 Å². The largest absolute Gasteiger partial charge is 0.289 e. The van der Waals surface area contributed by atoms with Gasteiger partial charge >= 0.3 is 0 Å². The second-order valence-corrected chi connectivity index (χ2v) is 5.52. The van der Waals surface area contributed by atoms with Crippen LogP contribution in [-0.4, -0.2) is 5.78 Å². The maximum atomic E-state index is 13.2. The van der Waals surface area contributed by atoms with Crippen LogP contribution in [0.4, 0.5) is 17.6 Å². The van der Waals surface area contributed by atoms with Crippen LogP contribution in [0.2, 0.25) is 0 Å². The van der Waals surface area contributed by atoms with Gasteiger partial charge in [-0.1, -0.05) is 12.1 Å². The van der Waals surface area contributed by atoms with Gasteiger partial charge in [0.05, 0.1) is 0 Å². The van der Waals surface area contributed by atoms with E-state index in [1.165, 1.54) is 24.3 Å². The molecule has 1 aliphatic carbocycles. The van der Waals surface area contributed by atoms with E-state index in [0.717, 1.165) is 24.3 Å². The number of hydrogen-bond acceptors (Lipinski definition) is 1. The molecular weight excluding hydrogens is 320 g/mol. The Kier molecular flexibility index (Phi) is 4.34. The van der Waals surface area contributed by atoms with Crippen molar-refractivity contribution in [3.63, 3.8) is 0 Å². The first-order valence-electron chi connectivity index (χ1n) is 7.30. The van der Waals surface area contributed by atoms with Crippen molar-refractivity contribution in [1.29, 1.82) is 0 Å². The van der Waals surface area contributed by atoms with Crippen molar-refractivity contribution in [1.82, 2.24) is 0 Å². The number of Topliss-reactive ketones (excluding diaryl/α,β-unsaturated/α-hetero) is 1. The second kappa shape index (κ2) is 6.43. The predicted molar refractivity (Wildman–Crippen MR) is 82.9 cm³/mol. The Morgan fingerprint density at radius 2 is 1.08 bits per heavy atom. The number of carbonyl (C=O) groups is 1. The number of halogens is 4. The number of ketones is 1. The Labute approximate surface area is 135 Å².